The van der Waals surface area contributed by atoms with Crippen LogP contribution in [0.5, 0.6) is 0 Å². The summed E-state index contributed by atoms with van der Waals surface area (Å²) in [5.41, 5.74) is 2.56. The van der Waals surface area contributed by atoms with E-state index >= 15 is 0 Å². The van der Waals surface area contributed by atoms with E-state index in [4.69, 9.17) is 5.84 Å². The first-order valence-electron chi connectivity index (χ1n) is 6.51. The number of hydrogen-bond donors (Lipinski definition) is 2. The maximum Gasteiger partial charge on any atom is 0.417 e. The molecule has 1 atom stereocenters. The zero-order valence-corrected chi connectivity index (χ0v) is 10.6. The average Bonchev–Trinajstić information content (AvgIpc) is 2.40. The lowest BCUT2D eigenvalue weighted by molar-refractivity contribution is -0.137. The highest BCUT2D eigenvalue weighted by molar-refractivity contribution is 5.19. The van der Waals surface area contributed by atoms with Gasteiger partial charge < -0.3 is 0 Å². The zero-order valence-electron chi connectivity index (χ0n) is 10.6. The van der Waals surface area contributed by atoms with Crippen molar-refractivity contribution < 1.29 is 13.2 Å². The van der Waals surface area contributed by atoms with E-state index in [-0.39, 0.29) is 6.04 Å². The van der Waals surface area contributed by atoms with E-state index in [1.165, 1.54) is 12.5 Å². The first-order chi connectivity index (χ1) is 9.02. The fourth-order valence-corrected chi connectivity index (χ4v) is 2.69. The SMILES string of the molecule is NNC(c1ccc(C(F)(F)F)cn1)C1CCCCC1. The van der Waals surface area contributed by atoms with Gasteiger partial charge in [-0.3, -0.25) is 16.3 Å². The third kappa shape index (κ3) is 3.45. The number of aromatic nitrogens is 1. The van der Waals surface area contributed by atoms with Crippen molar-refractivity contribution in [1.82, 2.24) is 10.4 Å². The molecule has 3 N–H and O–H groups in total. The fraction of sp³-hybridized carbons (Fsp3) is 0.615. The van der Waals surface area contributed by atoms with Crippen molar-refractivity contribution in [2.24, 2.45) is 11.8 Å². The Balaban J connectivity index is 2.14. The minimum absolute atomic E-state index is 0.164. The van der Waals surface area contributed by atoms with Crippen LogP contribution in [0, 0.1) is 5.92 Å². The van der Waals surface area contributed by atoms with E-state index in [0.717, 1.165) is 37.9 Å². The molecule has 1 aliphatic carbocycles. The molecule has 0 aromatic carbocycles. The standard InChI is InChI=1S/C13H18F3N3/c14-13(15,16)10-6-7-11(18-8-10)12(19-17)9-4-2-1-3-5-9/h6-9,12,19H,1-5,17H2. The third-order valence-corrected chi connectivity index (χ3v) is 3.73. The molecule has 6 heteroatoms. The first kappa shape index (κ1) is 14.3. The maximum atomic E-state index is 12.5. The van der Waals surface area contributed by atoms with Gasteiger partial charge in [-0.15, -0.1) is 0 Å². The van der Waals surface area contributed by atoms with Gasteiger partial charge in [0.1, 0.15) is 0 Å². The van der Waals surface area contributed by atoms with Crippen LogP contribution < -0.4 is 11.3 Å². The molecule has 0 saturated heterocycles. The number of nitrogens with zero attached hydrogens (tertiary/aromatic N) is 1. The maximum absolute atomic E-state index is 12.5. The van der Waals surface area contributed by atoms with Gasteiger partial charge in [0.05, 0.1) is 17.3 Å². The number of pyridine rings is 1. The van der Waals surface area contributed by atoms with Gasteiger partial charge in [-0.1, -0.05) is 19.3 Å². The molecule has 0 aliphatic heterocycles. The molecule has 19 heavy (non-hydrogen) atoms. The van der Waals surface area contributed by atoms with Gasteiger partial charge in [0, 0.05) is 6.20 Å². The highest BCUT2D eigenvalue weighted by atomic mass is 19.4. The summed E-state index contributed by atoms with van der Waals surface area (Å²) in [6.07, 6.45) is 2.11. The van der Waals surface area contributed by atoms with Crippen molar-refractivity contribution in [3.05, 3.63) is 29.6 Å². The predicted molar refractivity (Wildman–Crippen MR) is 65.9 cm³/mol. The summed E-state index contributed by atoms with van der Waals surface area (Å²) in [6.45, 7) is 0. The third-order valence-electron chi connectivity index (χ3n) is 3.73. The predicted octanol–water partition coefficient (Wildman–Crippen LogP) is 3.19. The Labute approximate surface area is 110 Å². The summed E-state index contributed by atoms with van der Waals surface area (Å²) >= 11 is 0. The topological polar surface area (TPSA) is 50.9 Å². The van der Waals surface area contributed by atoms with E-state index in [9.17, 15) is 13.2 Å². The molecule has 1 aliphatic rings. The highest BCUT2D eigenvalue weighted by Gasteiger charge is 2.31. The van der Waals surface area contributed by atoms with Gasteiger partial charge in [-0.25, -0.2) is 0 Å². The van der Waals surface area contributed by atoms with Crippen LogP contribution in [0.15, 0.2) is 18.3 Å². The number of alkyl halides is 3. The molecule has 1 saturated carbocycles. The van der Waals surface area contributed by atoms with Crippen LogP contribution in [-0.2, 0) is 6.18 Å². The van der Waals surface area contributed by atoms with Gasteiger partial charge in [-0.2, -0.15) is 13.2 Å². The summed E-state index contributed by atoms with van der Waals surface area (Å²) in [5.74, 6) is 5.90. The smallest absolute Gasteiger partial charge is 0.271 e. The Morgan fingerprint density at radius 3 is 2.37 bits per heavy atom. The van der Waals surface area contributed by atoms with E-state index < -0.39 is 11.7 Å². The van der Waals surface area contributed by atoms with Crippen LogP contribution in [0.1, 0.15) is 49.4 Å². The van der Waals surface area contributed by atoms with Crippen molar-refractivity contribution in [3.8, 4) is 0 Å². The number of nitrogens with two attached hydrogens (primary N) is 1. The first-order valence-corrected chi connectivity index (χ1v) is 6.51. The van der Waals surface area contributed by atoms with Crippen LogP contribution in [0.25, 0.3) is 0 Å². The molecule has 1 unspecified atom stereocenters. The minimum atomic E-state index is -4.35. The molecule has 0 bridgehead atoms. The Hall–Kier alpha value is -1.14. The monoisotopic (exact) mass is 273 g/mol. The van der Waals surface area contributed by atoms with Crippen molar-refractivity contribution in [2.75, 3.05) is 0 Å². The molecule has 1 aromatic rings. The molecular weight excluding hydrogens is 255 g/mol. The highest BCUT2D eigenvalue weighted by Crippen LogP contribution is 2.34. The van der Waals surface area contributed by atoms with Crippen LogP contribution >= 0.6 is 0 Å². The van der Waals surface area contributed by atoms with Crippen molar-refractivity contribution in [2.45, 2.75) is 44.3 Å². The van der Waals surface area contributed by atoms with Crippen LogP contribution in [0.2, 0.25) is 0 Å². The molecule has 0 spiro atoms. The van der Waals surface area contributed by atoms with Gasteiger partial charge in [0.15, 0.2) is 0 Å². The van der Waals surface area contributed by atoms with Crippen LogP contribution in [0.3, 0.4) is 0 Å². The van der Waals surface area contributed by atoms with Crippen molar-refractivity contribution in [1.29, 1.82) is 0 Å². The number of hydrazine groups is 1. The summed E-state index contributed by atoms with van der Waals surface area (Å²) in [5, 5.41) is 0. The van der Waals surface area contributed by atoms with Crippen LogP contribution in [0.4, 0.5) is 13.2 Å². The lowest BCUT2D eigenvalue weighted by atomic mass is 9.83. The van der Waals surface area contributed by atoms with E-state index in [1.807, 2.05) is 0 Å². The number of halogens is 3. The number of rotatable bonds is 3. The van der Waals surface area contributed by atoms with E-state index in [1.54, 1.807) is 0 Å². The second kappa shape index (κ2) is 5.88. The molecular formula is C13H18F3N3. The van der Waals surface area contributed by atoms with Gasteiger partial charge in [0.25, 0.3) is 0 Å². The molecule has 1 aromatic heterocycles. The lowest BCUT2D eigenvalue weighted by Crippen LogP contribution is -2.35. The molecule has 106 valence electrons. The second-order valence-corrected chi connectivity index (χ2v) is 5.01. The Kier molecular flexibility index (Phi) is 4.42. The van der Waals surface area contributed by atoms with Crippen LogP contribution in [-0.4, -0.2) is 4.98 Å². The average molecular weight is 273 g/mol. The van der Waals surface area contributed by atoms with Crippen molar-refractivity contribution in [3.63, 3.8) is 0 Å². The summed E-state index contributed by atoms with van der Waals surface area (Å²) in [7, 11) is 0. The van der Waals surface area contributed by atoms with E-state index in [0.29, 0.717) is 11.6 Å². The van der Waals surface area contributed by atoms with Gasteiger partial charge >= 0.3 is 6.18 Å². The van der Waals surface area contributed by atoms with Gasteiger partial charge in [-0.05, 0) is 30.9 Å². The lowest BCUT2D eigenvalue weighted by Gasteiger charge is -2.29. The quantitative estimate of drug-likeness (QED) is 0.657. The number of nitrogens with one attached hydrogen (secondary N) is 1. The summed E-state index contributed by atoms with van der Waals surface area (Å²) < 4.78 is 37.4. The molecule has 0 amide bonds. The molecule has 1 heterocycles. The Morgan fingerprint density at radius 1 is 1.21 bits per heavy atom. The van der Waals surface area contributed by atoms with Crippen molar-refractivity contribution >= 4 is 0 Å². The Morgan fingerprint density at radius 2 is 1.89 bits per heavy atom. The minimum Gasteiger partial charge on any atom is -0.271 e. The largest absolute Gasteiger partial charge is 0.417 e. The molecule has 1 fully saturated rings. The molecule has 3 nitrogen and oxygen atoms in total. The number of hydrogen-bond acceptors (Lipinski definition) is 3. The zero-order chi connectivity index (χ0) is 13.9. The molecule has 2 rings (SSSR count). The normalized spacial score (nSPS) is 19.4. The second-order valence-electron chi connectivity index (χ2n) is 5.01. The molecule has 0 radical (unpaired) electrons. The Bertz CT molecular complexity index is 397. The summed E-state index contributed by atoms with van der Waals surface area (Å²) in [6, 6.07) is 2.32. The fourth-order valence-electron chi connectivity index (χ4n) is 2.69. The summed E-state index contributed by atoms with van der Waals surface area (Å²) in [4.78, 5) is 3.93. The van der Waals surface area contributed by atoms with E-state index in [2.05, 4.69) is 10.4 Å². The van der Waals surface area contributed by atoms with Gasteiger partial charge in [0.2, 0.25) is 0 Å².